The van der Waals surface area contributed by atoms with Gasteiger partial charge in [-0.3, -0.25) is 9.69 Å². The average molecular weight is 257 g/mol. The number of likely N-dealkylation sites (N-methyl/N-ethyl adjacent to an activating group) is 1. The maximum Gasteiger partial charge on any atom is 0.320 e. The molecule has 0 aromatic rings. The third-order valence-electron chi connectivity index (χ3n) is 3.23. The van der Waals surface area contributed by atoms with Crippen LogP contribution in [-0.4, -0.2) is 47.8 Å². The molecule has 1 N–H and O–H groups in total. The minimum Gasteiger partial charge on any atom is -0.459 e. The smallest absolute Gasteiger partial charge is 0.320 e. The molecule has 1 aliphatic rings. The van der Waals surface area contributed by atoms with Gasteiger partial charge in [-0.25, -0.2) is 0 Å². The van der Waals surface area contributed by atoms with Gasteiger partial charge in [0.1, 0.15) is 5.60 Å². The van der Waals surface area contributed by atoms with Gasteiger partial charge in [0, 0.05) is 6.54 Å². The molecule has 0 bridgehead atoms. The summed E-state index contributed by atoms with van der Waals surface area (Å²) in [6.45, 7) is 6.67. The van der Waals surface area contributed by atoms with Gasteiger partial charge in [-0.1, -0.05) is 12.8 Å². The van der Waals surface area contributed by atoms with E-state index in [0.29, 0.717) is 12.5 Å². The molecule has 1 saturated carbocycles. The molecule has 2 atom stereocenters. The van der Waals surface area contributed by atoms with Crippen LogP contribution in [0.1, 0.15) is 46.5 Å². The van der Waals surface area contributed by atoms with Crippen LogP contribution >= 0.6 is 0 Å². The maximum absolute atomic E-state index is 11.7. The number of carbonyl (C=O) groups excluding carboxylic acids is 1. The summed E-state index contributed by atoms with van der Waals surface area (Å²) in [5, 5.41) is 9.90. The van der Waals surface area contributed by atoms with Crippen LogP contribution in [0.15, 0.2) is 0 Å². The van der Waals surface area contributed by atoms with Crippen molar-refractivity contribution in [2.24, 2.45) is 5.92 Å². The number of nitrogens with zero attached hydrogens (tertiary/aromatic N) is 1. The Bertz CT molecular complexity index is 273. The van der Waals surface area contributed by atoms with E-state index in [0.717, 1.165) is 25.8 Å². The number of ether oxygens (including phenoxy) is 1. The molecule has 0 saturated heterocycles. The fraction of sp³-hybridized carbons (Fsp3) is 0.929. The molecule has 1 rings (SSSR count). The third-order valence-corrected chi connectivity index (χ3v) is 3.23. The first-order valence-electron chi connectivity index (χ1n) is 6.86. The van der Waals surface area contributed by atoms with E-state index in [1.54, 1.807) is 0 Å². The third kappa shape index (κ3) is 5.83. The Balaban J connectivity index is 2.32. The summed E-state index contributed by atoms with van der Waals surface area (Å²) >= 11 is 0. The summed E-state index contributed by atoms with van der Waals surface area (Å²) in [6, 6.07) is 0. The monoisotopic (exact) mass is 257 g/mol. The quantitative estimate of drug-likeness (QED) is 0.780. The predicted molar refractivity (Wildman–Crippen MR) is 71.3 cm³/mol. The molecule has 0 aliphatic heterocycles. The van der Waals surface area contributed by atoms with Gasteiger partial charge in [0.25, 0.3) is 0 Å². The van der Waals surface area contributed by atoms with Gasteiger partial charge in [-0.05, 0) is 46.6 Å². The van der Waals surface area contributed by atoms with Crippen LogP contribution < -0.4 is 0 Å². The van der Waals surface area contributed by atoms with Crippen molar-refractivity contribution in [1.29, 1.82) is 0 Å². The Labute approximate surface area is 110 Å². The van der Waals surface area contributed by atoms with Gasteiger partial charge in [0.2, 0.25) is 0 Å². The first-order valence-corrected chi connectivity index (χ1v) is 6.86. The van der Waals surface area contributed by atoms with Crippen LogP contribution in [0.3, 0.4) is 0 Å². The number of hydrogen-bond acceptors (Lipinski definition) is 4. The average Bonchev–Trinajstić information content (AvgIpc) is 2.18. The van der Waals surface area contributed by atoms with Gasteiger partial charge in [-0.2, -0.15) is 0 Å². The number of hydrogen-bond donors (Lipinski definition) is 1. The maximum atomic E-state index is 11.7. The molecule has 0 radical (unpaired) electrons. The SMILES string of the molecule is CN(CC(=O)OC(C)(C)C)CC1CCCCC1O. The van der Waals surface area contributed by atoms with Crippen LogP contribution in [0.2, 0.25) is 0 Å². The number of rotatable bonds is 4. The number of esters is 1. The first kappa shape index (κ1) is 15.4. The Morgan fingerprint density at radius 3 is 2.50 bits per heavy atom. The zero-order valence-corrected chi connectivity index (χ0v) is 12.1. The van der Waals surface area contributed by atoms with Crippen molar-refractivity contribution in [2.75, 3.05) is 20.1 Å². The summed E-state index contributed by atoms with van der Waals surface area (Å²) in [4.78, 5) is 13.6. The number of carbonyl (C=O) groups is 1. The number of aliphatic hydroxyl groups excluding tert-OH is 1. The van der Waals surface area contributed by atoms with Crippen molar-refractivity contribution >= 4 is 5.97 Å². The van der Waals surface area contributed by atoms with Crippen LogP contribution in [0.25, 0.3) is 0 Å². The Kier molecular flexibility index (Phi) is 5.60. The Hall–Kier alpha value is -0.610. The minimum atomic E-state index is -0.428. The van der Waals surface area contributed by atoms with E-state index < -0.39 is 5.60 Å². The van der Waals surface area contributed by atoms with Crippen LogP contribution in [0.4, 0.5) is 0 Å². The van der Waals surface area contributed by atoms with Crippen molar-refractivity contribution in [3.8, 4) is 0 Å². The van der Waals surface area contributed by atoms with E-state index in [9.17, 15) is 9.90 Å². The van der Waals surface area contributed by atoms with Gasteiger partial charge in [0.05, 0.1) is 12.6 Å². The highest BCUT2D eigenvalue weighted by atomic mass is 16.6. The lowest BCUT2D eigenvalue weighted by atomic mass is 9.86. The van der Waals surface area contributed by atoms with Crippen molar-refractivity contribution in [3.63, 3.8) is 0 Å². The topological polar surface area (TPSA) is 49.8 Å². The lowest BCUT2D eigenvalue weighted by Gasteiger charge is -2.31. The minimum absolute atomic E-state index is 0.199. The highest BCUT2D eigenvalue weighted by molar-refractivity contribution is 5.72. The van der Waals surface area contributed by atoms with E-state index in [-0.39, 0.29) is 12.1 Å². The van der Waals surface area contributed by atoms with Crippen molar-refractivity contribution in [3.05, 3.63) is 0 Å². The van der Waals surface area contributed by atoms with E-state index in [2.05, 4.69) is 0 Å². The van der Waals surface area contributed by atoms with Crippen molar-refractivity contribution in [1.82, 2.24) is 4.90 Å². The zero-order valence-electron chi connectivity index (χ0n) is 12.1. The molecule has 0 heterocycles. The van der Waals surface area contributed by atoms with Gasteiger partial charge in [0.15, 0.2) is 0 Å². The molecule has 1 fully saturated rings. The normalized spacial score (nSPS) is 25.2. The molecule has 0 amide bonds. The fourth-order valence-electron chi connectivity index (χ4n) is 2.46. The second-order valence-electron chi connectivity index (χ2n) is 6.40. The van der Waals surface area contributed by atoms with Gasteiger partial charge in [-0.15, -0.1) is 0 Å². The predicted octanol–water partition coefficient (Wildman–Crippen LogP) is 1.81. The molecule has 1 aliphatic carbocycles. The molecule has 0 aromatic heterocycles. The Morgan fingerprint density at radius 2 is 1.94 bits per heavy atom. The molecule has 0 aromatic carbocycles. The largest absolute Gasteiger partial charge is 0.459 e. The first-order chi connectivity index (χ1) is 8.28. The van der Waals surface area contributed by atoms with Crippen molar-refractivity contribution in [2.45, 2.75) is 58.2 Å². The van der Waals surface area contributed by atoms with Gasteiger partial charge >= 0.3 is 5.97 Å². The lowest BCUT2D eigenvalue weighted by Crippen LogP contribution is -2.39. The molecular formula is C14H27NO3. The molecule has 18 heavy (non-hydrogen) atoms. The lowest BCUT2D eigenvalue weighted by molar-refractivity contribution is -0.156. The van der Waals surface area contributed by atoms with E-state index in [1.807, 2.05) is 32.7 Å². The molecule has 0 spiro atoms. The molecule has 106 valence electrons. The summed E-state index contributed by atoms with van der Waals surface area (Å²) in [6.07, 6.45) is 4.04. The van der Waals surface area contributed by atoms with E-state index >= 15 is 0 Å². The van der Waals surface area contributed by atoms with E-state index in [1.165, 1.54) is 6.42 Å². The zero-order chi connectivity index (χ0) is 13.8. The molecular weight excluding hydrogens is 230 g/mol. The molecule has 2 unspecified atom stereocenters. The second kappa shape index (κ2) is 6.53. The summed E-state index contributed by atoms with van der Waals surface area (Å²) in [5.74, 6) is 0.0986. The van der Waals surface area contributed by atoms with Gasteiger partial charge < -0.3 is 9.84 Å². The Morgan fingerprint density at radius 1 is 1.33 bits per heavy atom. The summed E-state index contributed by atoms with van der Waals surface area (Å²) in [5.41, 5.74) is -0.428. The summed E-state index contributed by atoms with van der Waals surface area (Å²) in [7, 11) is 1.91. The van der Waals surface area contributed by atoms with Crippen LogP contribution in [0.5, 0.6) is 0 Å². The number of aliphatic hydroxyl groups is 1. The molecule has 4 heteroatoms. The molecule has 4 nitrogen and oxygen atoms in total. The van der Waals surface area contributed by atoms with Crippen molar-refractivity contribution < 1.29 is 14.6 Å². The van der Waals surface area contributed by atoms with Crippen LogP contribution in [-0.2, 0) is 9.53 Å². The standard InChI is InChI=1S/C14H27NO3/c1-14(2,3)18-13(17)10-15(4)9-11-7-5-6-8-12(11)16/h11-12,16H,5-10H2,1-4H3. The highest BCUT2D eigenvalue weighted by Crippen LogP contribution is 2.24. The summed E-state index contributed by atoms with van der Waals surface area (Å²) < 4.78 is 5.28. The van der Waals surface area contributed by atoms with Crippen LogP contribution in [0, 0.1) is 5.92 Å². The highest BCUT2D eigenvalue weighted by Gasteiger charge is 2.25. The van der Waals surface area contributed by atoms with E-state index in [4.69, 9.17) is 4.74 Å². The fourth-order valence-corrected chi connectivity index (χ4v) is 2.46. The second-order valence-corrected chi connectivity index (χ2v) is 6.40.